The third-order valence-electron chi connectivity index (χ3n) is 4.64. The molecule has 0 heterocycles. The molecule has 0 radical (unpaired) electrons. The number of methoxy groups -OCH3 is 1. The molecule has 0 atom stereocenters. The molecule has 1 aromatic rings. The molecule has 0 aromatic heterocycles. The first-order chi connectivity index (χ1) is 12.1. The summed E-state index contributed by atoms with van der Waals surface area (Å²) < 4.78 is 5.16. The summed E-state index contributed by atoms with van der Waals surface area (Å²) in [5, 5.41) is 8.72. The van der Waals surface area contributed by atoms with Gasteiger partial charge in [0, 0.05) is 18.3 Å². The first-order valence-corrected chi connectivity index (χ1v) is 9.11. The Balaban J connectivity index is 2.02. The first kappa shape index (κ1) is 19.1. The molecule has 0 saturated heterocycles. The van der Waals surface area contributed by atoms with Gasteiger partial charge in [0.2, 0.25) is 5.91 Å². The lowest BCUT2D eigenvalue weighted by Gasteiger charge is -2.36. The van der Waals surface area contributed by atoms with Gasteiger partial charge in [-0.2, -0.15) is 0 Å². The van der Waals surface area contributed by atoms with Gasteiger partial charge >= 0.3 is 6.03 Å². The molecule has 6 heteroatoms. The summed E-state index contributed by atoms with van der Waals surface area (Å²) in [6, 6.07) is 6.79. The van der Waals surface area contributed by atoms with E-state index >= 15 is 0 Å². The van der Waals surface area contributed by atoms with Gasteiger partial charge in [0.05, 0.1) is 7.11 Å². The van der Waals surface area contributed by atoms with Gasteiger partial charge in [-0.05, 0) is 31.4 Å². The maximum Gasteiger partial charge on any atom is 0.320 e. The van der Waals surface area contributed by atoms with Gasteiger partial charge in [-0.15, -0.1) is 0 Å². The van der Waals surface area contributed by atoms with Crippen molar-refractivity contribution in [3.8, 4) is 5.75 Å². The van der Waals surface area contributed by atoms with Crippen LogP contribution in [-0.2, 0) is 4.79 Å². The van der Waals surface area contributed by atoms with Gasteiger partial charge in [-0.1, -0.05) is 38.7 Å². The molecular formula is C19H29N3O3. The molecule has 3 N–H and O–H groups in total. The van der Waals surface area contributed by atoms with Crippen molar-refractivity contribution in [1.29, 1.82) is 0 Å². The number of anilines is 1. The highest BCUT2D eigenvalue weighted by atomic mass is 16.5. The zero-order chi connectivity index (χ0) is 18.1. The Morgan fingerprint density at radius 1 is 1.20 bits per heavy atom. The molecule has 0 bridgehead atoms. The van der Waals surface area contributed by atoms with Crippen molar-refractivity contribution in [2.45, 2.75) is 57.4 Å². The number of hydrogen-bond donors (Lipinski definition) is 3. The van der Waals surface area contributed by atoms with E-state index in [1.165, 1.54) is 0 Å². The molecule has 25 heavy (non-hydrogen) atoms. The van der Waals surface area contributed by atoms with Gasteiger partial charge < -0.3 is 20.7 Å². The van der Waals surface area contributed by atoms with Crippen LogP contribution in [-0.4, -0.2) is 31.1 Å². The van der Waals surface area contributed by atoms with Crippen LogP contribution in [0.4, 0.5) is 10.5 Å². The van der Waals surface area contributed by atoms with Crippen LogP contribution < -0.4 is 20.7 Å². The third kappa shape index (κ3) is 5.37. The van der Waals surface area contributed by atoms with Crippen LogP contribution in [0.25, 0.3) is 0 Å². The first-order valence-electron chi connectivity index (χ1n) is 9.11. The van der Waals surface area contributed by atoms with Crippen molar-refractivity contribution in [1.82, 2.24) is 10.6 Å². The molecule has 1 fully saturated rings. The minimum atomic E-state index is -0.811. The number of rotatable bonds is 7. The Hall–Kier alpha value is -2.24. The van der Waals surface area contributed by atoms with Crippen LogP contribution >= 0.6 is 0 Å². The normalized spacial score (nSPS) is 15.9. The molecular weight excluding hydrogens is 318 g/mol. The average Bonchev–Trinajstić information content (AvgIpc) is 2.62. The van der Waals surface area contributed by atoms with E-state index < -0.39 is 5.54 Å². The van der Waals surface area contributed by atoms with Crippen molar-refractivity contribution in [2.75, 3.05) is 19.0 Å². The summed E-state index contributed by atoms with van der Waals surface area (Å²) in [7, 11) is 1.58. The van der Waals surface area contributed by atoms with E-state index in [9.17, 15) is 9.59 Å². The van der Waals surface area contributed by atoms with Crippen molar-refractivity contribution in [2.24, 2.45) is 0 Å². The fourth-order valence-corrected chi connectivity index (χ4v) is 3.19. The van der Waals surface area contributed by atoms with Crippen molar-refractivity contribution >= 4 is 17.6 Å². The van der Waals surface area contributed by atoms with Crippen LogP contribution in [0.2, 0.25) is 0 Å². The molecule has 0 spiro atoms. The van der Waals surface area contributed by atoms with Crippen molar-refractivity contribution in [3.63, 3.8) is 0 Å². The van der Waals surface area contributed by atoms with Crippen LogP contribution in [0, 0.1) is 0 Å². The Labute approximate surface area is 149 Å². The molecule has 6 nitrogen and oxygen atoms in total. The highest BCUT2D eigenvalue weighted by Gasteiger charge is 2.40. The van der Waals surface area contributed by atoms with Crippen LogP contribution in [0.3, 0.4) is 0 Å². The second kappa shape index (κ2) is 9.30. The highest BCUT2D eigenvalue weighted by Crippen LogP contribution is 2.29. The number of carbonyl (C=O) groups is 2. The largest absolute Gasteiger partial charge is 0.497 e. The number of carbonyl (C=O) groups excluding carboxylic acids is 2. The second-order valence-corrected chi connectivity index (χ2v) is 6.56. The van der Waals surface area contributed by atoms with Crippen LogP contribution in [0.1, 0.15) is 51.9 Å². The van der Waals surface area contributed by atoms with Gasteiger partial charge in [0.25, 0.3) is 0 Å². The molecule has 0 unspecified atom stereocenters. The fourth-order valence-electron chi connectivity index (χ4n) is 3.19. The van der Waals surface area contributed by atoms with E-state index in [4.69, 9.17) is 4.74 Å². The van der Waals surface area contributed by atoms with Gasteiger partial charge in [0.15, 0.2) is 0 Å². The Kier molecular flexibility index (Phi) is 7.10. The maximum atomic E-state index is 12.7. The topological polar surface area (TPSA) is 79.5 Å². The van der Waals surface area contributed by atoms with Crippen LogP contribution in [0.5, 0.6) is 5.75 Å². The summed E-state index contributed by atoms with van der Waals surface area (Å²) in [5.41, 5.74) is -0.177. The Morgan fingerprint density at radius 2 is 1.96 bits per heavy atom. The Bertz CT molecular complexity index is 583. The number of hydrogen-bond acceptors (Lipinski definition) is 3. The quantitative estimate of drug-likeness (QED) is 0.661. The van der Waals surface area contributed by atoms with Crippen molar-refractivity contribution < 1.29 is 14.3 Å². The monoisotopic (exact) mass is 347 g/mol. The third-order valence-corrected chi connectivity index (χ3v) is 4.64. The molecule has 1 aromatic carbocycles. The molecule has 3 amide bonds. The van der Waals surface area contributed by atoms with E-state index in [1.54, 1.807) is 19.2 Å². The number of amides is 3. The Morgan fingerprint density at radius 3 is 2.64 bits per heavy atom. The number of unbranched alkanes of at least 4 members (excludes halogenated alkanes) is 1. The van der Waals surface area contributed by atoms with E-state index in [1.807, 2.05) is 12.1 Å². The number of urea groups is 1. The smallest absolute Gasteiger partial charge is 0.320 e. The van der Waals surface area contributed by atoms with Crippen LogP contribution in [0.15, 0.2) is 24.3 Å². The lowest BCUT2D eigenvalue weighted by atomic mass is 9.81. The zero-order valence-electron chi connectivity index (χ0n) is 15.2. The number of ether oxygens (including phenoxy) is 1. The lowest BCUT2D eigenvalue weighted by Crippen LogP contribution is -2.60. The molecule has 1 aliphatic carbocycles. The van der Waals surface area contributed by atoms with E-state index in [2.05, 4.69) is 22.9 Å². The van der Waals surface area contributed by atoms with Gasteiger partial charge in [0.1, 0.15) is 11.3 Å². The molecule has 138 valence electrons. The standard InChI is InChI=1S/C19H29N3O3/c1-3-4-13-20-17(23)19(11-6-5-7-12-19)22-18(24)21-15-9-8-10-16(14-15)25-2/h8-10,14H,3-7,11-13H2,1-2H3,(H,20,23)(H2,21,22,24). The summed E-state index contributed by atoms with van der Waals surface area (Å²) >= 11 is 0. The van der Waals surface area contributed by atoms with Crippen molar-refractivity contribution in [3.05, 3.63) is 24.3 Å². The summed E-state index contributed by atoms with van der Waals surface area (Å²) in [4.78, 5) is 25.2. The van der Waals surface area contributed by atoms with E-state index in [0.29, 0.717) is 30.8 Å². The lowest BCUT2D eigenvalue weighted by molar-refractivity contribution is -0.128. The highest BCUT2D eigenvalue weighted by molar-refractivity contribution is 5.96. The SMILES string of the molecule is CCCCNC(=O)C1(NC(=O)Nc2cccc(OC)c2)CCCCC1. The predicted octanol–water partition coefficient (Wildman–Crippen LogP) is 3.44. The average molecular weight is 347 g/mol. The molecule has 1 saturated carbocycles. The summed E-state index contributed by atoms with van der Waals surface area (Å²) in [6.07, 6.45) is 6.31. The van der Waals surface area contributed by atoms with E-state index in [0.717, 1.165) is 32.1 Å². The van der Waals surface area contributed by atoms with E-state index in [-0.39, 0.29) is 11.9 Å². The summed E-state index contributed by atoms with van der Waals surface area (Å²) in [6.45, 7) is 2.73. The van der Waals surface area contributed by atoms with Gasteiger partial charge in [-0.3, -0.25) is 4.79 Å². The summed E-state index contributed by atoms with van der Waals surface area (Å²) in [5.74, 6) is 0.601. The maximum absolute atomic E-state index is 12.7. The predicted molar refractivity (Wildman–Crippen MR) is 98.9 cm³/mol. The minimum Gasteiger partial charge on any atom is -0.497 e. The molecule has 1 aliphatic rings. The molecule has 2 rings (SSSR count). The molecule has 0 aliphatic heterocycles. The fraction of sp³-hybridized carbons (Fsp3) is 0.579. The number of nitrogens with one attached hydrogen (secondary N) is 3. The van der Waals surface area contributed by atoms with Gasteiger partial charge in [-0.25, -0.2) is 4.79 Å². The number of benzene rings is 1. The minimum absolute atomic E-state index is 0.0681. The second-order valence-electron chi connectivity index (χ2n) is 6.56. The zero-order valence-corrected chi connectivity index (χ0v) is 15.2.